The van der Waals surface area contributed by atoms with Gasteiger partial charge in [0.05, 0.1) is 10.2 Å². The van der Waals surface area contributed by atoms with Crippen LogP contribution in [0.3, 0.4) is 0 Å². The molecule has 0 aliphatic heterocycles. The van der Waals surface area contributed by atoms with E-state index in [0.29, 0.717) is 5.13 Å². The van der Waals surface area contributed by atoms with Gasteiger partial charge in [-0.2, -0.15) is 0 Å². The van der Waals surface area contributed by atoms with Gasteiger partial charge in [-0.3, -0.25) is 0 Å². The van der Waals surface area contributed by atoms with Crippen molar-refractivity contribution in [3.8, 4) is 11.1 Å². The Bertz CT molecular complexity index is 1260. The number of thiol groups is 1. The summed E-state index contributed by atoms with van der Waals surface area (Å²) in [5.74, 6) is 0. The van der Waals surface area contributed by atoms with Crippen molar-refractivity contribution in [2.75, 3.05) is 19.0 Å². The third-order valence-electron chi connectivity index (χ3n) is 5.09. The molecule has 0 N–H and O–H groups in total. The van der Waals surface area contributed by atoms with E-state index in [9.17, 15) is 0 Å². The third kappa shape index (κ3) is 3.43. The first kappa shape index (κ1) is 18.7. The topological polar surface area (TPSA) is 40.9 Å². The Morgan fingerprint density at radius 2 is 1.86 bits per heavy atom. The first-order valence-electron chi connectivity index (χ1n) is 9.18. The van der Waals surface area contributed by atoms with Crippen molar-refractivity contribution in [3.63, 3.8) is 0 Å². The van der Waals surface area contributed by atoms with Gasteiger partial charge in [-0.15, -0.1) is 21.9 Å². The normalized spacial score (nSPS) is 12.5. The summed E-state index contributed by atoms with van der Waals surface area (Å²) in [7, 11) is 5.40. The van der Waals surface area contributed by atoms with Gasteiger partial charge in [0, 0.05) is 24.7 Å². The van der Waals surface area contributed by atoms with Crippen LogP contribution < -0.4 is 4.90 Å². The number of aromatic nitrogens is 1. The van der Waals surface area contributed by atoms with Crippen LogP contribution in [-0.2, 0) is 6.42 Å². The fraction of sp³-hybridized carbons (Fsp3) is 0.136. The van der Waals surface area contributed by atoms with E-state index in [1.807, 2.05) is 26.2 Å². The molecule has 1 aliphatic carbocycles. The van der Waals surface area contributed by atoms with Crippen LogP contribution in [0.5, 0.6) is 0 Å². The molecule has 144 valence electrons. The molecule has 5 rings (SSSR count). The van der Waals surface area contributed by atoms with E-state index in [1.165, 1.54) is 33.0 Å². The molecule has 0 saturated heterocycles. The van der Waals surface area contributed by atoms with Crippen LogP contribution in [0.2, 0.25) is 0 Å². The predicted octanol–water partition coefficient (Wildman–Crippen LogP) is 7.29. The minimum absolute atomic E-state index is 0.670. The molecule has 4 nitrogen and oxygen atoms in total. The van der Waals surface area contributed by atoms with Crippen LogP contribution in [0, 0.1) is 0 Å². The smallest absolute Gasteiger partial charge is 0.231 e. The number of benzene rings is 3. The summed E-state index contributed by atoms with van der Waals surface area (Å²) in [6.07, 6.45) is 0.969. The lowest BCUT2D eigenvalue weighted by Crippen LogP contribution is -2.08. The van der Waals surface area contributed by atoms with E-state index >= 15 is 0 Å². The second-order valence-electron chi connectivity index (χ2n) is 7.15. The number of rotatable bonds is 4. The van der Waals surface area contributed by atoms with E-state index in [4.69, 9.17) is 4.98 Å². The largest absolute Gasteiger partial charge is 0.378 e. The van der Waals surface area contributed by atoms with E-state index in [-0.39, 0.29) is 0 Å². The van der Waals surface area contributed by atoms with Crippen LogP contribution in [0.15, 0.2) is 69.7 Å². The van der Waals surface area contributed by atoms with Crippen molar-refractivity contribution in [1.82, 2.24) is 4.98 Å². The monoisotopic (exact) mass is 434 g/mol. The highest BCUT2D eigenvalue weighted by atomic mass is 33.1. The number of nitrogens with zero attached hydrogens (tertiary/aromatic N) is 4. The Labute approximate surface area is 182 Å². The summed E-state index contributed by atoms with van der Waals surface area (Å²) in [4.78, 5) is 7.72. The predicted molar refractivity (Wildman–Crippen MR) is 128 cm³/mol. The fourth-order valence-electron chi connectivity index (χ4n) is 3.62. The zero-order valence-corrected chi connectivity index (χ0v) is 18.5. The molecule has 1 aromatic heterocycles. The van der Waals surface area contributed by atoms with Gasteiger partial charge in [-0.1, -0.05) is 46.4 Å². The van der Waals surface area contributed by atoms with E-state index in [0.717, 1.165) is 32.9 Å². The maximum Gasteiger partial charge on any atom is 0.231 e. The summed E-state index contributed by atoms with van der Waals surface area (Å²) >= 11 is 5.94. The Morgan fingerprint density at radius 3 is 2.69 bits per heavy atom. The lowest BCUT2D eigenvalue weighted by atomic mass is 10.1. The van der Waals surface area contributed by atoms with Gasteiger partial charge in [0.2, 0.25) is 5.13 Å². The van der Waals surface area contributed by atoms with Crippen molar-refractivity contribution in [1.29, 1.82) is 0 Å². The second-order valence-corrected chi connectivity index (χ2v) is 9.32. The highest BCUT2D eigenvalue weighted by Gasteiger charge is 2.19. The Morgan fingerprint density at radius 1 is 1.00 bits per heavy atom. The molecule has 1 aliphatic rings. The first-order valence-corrected chi connectivity index (χ1v) is 11.9. The molecule has 7 heteroatoms. The number of anilines is 1. The quantitative estimate of drug-likeness (QED) is 0.183. The molecule has 3 aromatic carbocycles. The van der Waals surface area contributed by atoms with Crippen LogP contribution in [0.25, 0.3) is 21.3 Å². The van der Waals surface area contributed by atoms with Gasteiger partial charge < -0.3 is 4.90 Å². The molecule has 0 radical (unpaired) electrons. The maximum atomic E-state index is 4.69. The number of hydrogen-bond donors (Lipinski definition) is 1. The second kappa shape index (κ2) is 7.48. The Hall–Kier alpha value is -2.35. The molecule has 0 spiro atoms. The summed E-state index contributed by atoms with van der Waals surface area (Å²) in [6.45, 7) is 0. The molecular weight excluding hydrogens is 416 g/mol. The van der Waals surface area contributed by atoms with Gasteiger partial charge in [-0.05, 0) is 59.0 Å². The average Bonchev–Trinajstić information content (AvgIpc) is 3.30. The van der Waals surface area contributed by atoms with Gasteiger partial charge in [-0.25, -0.2) is 4.98 Å². The van der Waals surface area contributed by atoms with E-state index < -0.39 is 0 Å². The van der Waals surface area contributed by atoms with E-state index in [1.54, 1.807) is 11.3 Å². The highest BCUT2D eigenvalue weighted by molar-refractivity contribution is 8.68. The van der Waals surface area contributed by atoms with E-state index in [2.05, 4.69) is 69.3 Å². The molecule has 0 atom stereocenters. The first-order chi connectivity index (χ1) is 14.1. The Kier molecular flexibility index (Phi) is 4.81. The molecule has 0 bridgehead atoms. The molecule has 4 aromatic rings. The Balaban J connectivity index is 1.48. The van der Waals surface area contributed by atoms with Crippen LogP contribution in [-0.4, -0.2) is 19.1 Å². The zero-order chi connectivity index (χ0) is 20.0. The average molecular weight is 435 g/mol. The minimum atomic E-state index is 0.670. The minimum Gasteiger partial charge on any atom is -0.378 e. The number of fused-ring (bicyclic) bond motifs is 4. The van der Waals surface area contributed by atoms with Gasteiger partial charge in [0.25, 0.3) is 0 Å². The third-order valence-corrected chi connectivity index (χ3v) is 7.11. The standard InChI is InChI=1S/C22H18N4S3/c1-26(2)15-7-8-18(21(11-15)29-27)24-25-22-23-19-10-14-9-13-5-3-4-6-16(13)17(14)12-20(19)28-22/h3-8,10-12,27H,9H2,1-2H3. The molecule has 29 heavy (non-hydrogen) atoms. The van der Waals surface area contributed by atoms with Crippen LogP contribution >= 0.6 is 33.8 Å². The van der Waals surface area contributed by atoms with Crippen molar-refractivity contribution >= 4 is 60.5 Å². The van der Waals surface area contributed by atoms with Crippen LogP contribution in [0.4, 0.5) is 16.5 Å². The lowest BCUT2D eigenvalue weighted by Gasteiger charge is -2.13. The van der Waals surface area contributed by atoms with Crippen molar-refractivity contribution in [3.05, 3.63) is 65.7 Å². The molecule has 0 unspecified atom stereocenters. The molecule has 0 fully saturated rings. The molecule has 0 saturated carbocycles. The maximum absolute atomic E-state index is 4.69. The molecule has 0 amide bonds. The lowest BCUT2D eigenvalue weighted by molar-refractivity contribution is 1.11. The highest BCUT2D eigenvalue weighted by Crippen LogP contribution is 2.41. The summed E-state index contributed by atoms with van der Waals surface area (Å²) in [5, 5.41) is 9.53. The van der Waals surface area contributed by atoms with Gasteiger partial charge in [0.15, 0.2) is 0 Å². The van der Waals surface area contributed by atoms with Crippen molar-refractivity contribution in [2.24, 2.45) is 10.2 Å². The number of hydrogen-bond acceptors (Lipinski definition) is 7. The van der Waals surface area contributed by atoms with Gasteiger partial charge in [0.1, 0.15) is 5.69 Å². The number of azo groups is 1. The van der Waals surface area contributed by atoms with Gasteiger partial charge >= 0.3 is 0 Å². The van der Waals surface area contributed by atoms with Crippen molar-refractivity contribution < 1.29 is 0 Å². The summed E-state index contributed by atoms with van der Waals surface area (Å²) in [5.41, 5.74) is 8.26. The van der Waals surface area contributed by atoms with Crippen LogP contribution in [0.1, 0.15) is 11.1 Å². The SMILES string of the molecule is CN(C)c1ccc(N=Nc2nc3cc4c(cc3s2)-c2ccccc2C4)c(SS)c1. The molecule has 1 heterocycles. The summed E-state index contributed by atoms with van der Waals surface area (Å²) in [6, 6.07) is 19.1. The fourth-order valence-corrected chi connectivity index (χ4v) is 5.24. The molecular formula is C22H18N4S3. The van der Waals surface area contributed by atoms with Crippen molar-refractivity contribution in [2.45, 2.75) is 11.3 Å². The number of thiazole rings is 1. The summed E-state index contributed by atoms with van der Waals surface area (Å²) < 4.78 is 1.14. The zero-order valence-electron chi connectivity index (χ0n) is 16.0.